The van der Waals surface area contributed by atoms with E-state index in [0.717, 1.165) is 64.9 Å². The van der Waals surface area contributed by atoms with Gasteiger partial charge in [-0.1, -0.05) is 51.3 Å². The fourth-order valence-corrected chi connectivity index (χ4v) is 7.13. The molecule has 0 saturated carbocycles. The number of esters is 4. The van der Waals surface area contributed by atoms with Gasteiger partial charge in [-0.05, 0) is 181 Å². The molecule has 0 aliphatic carbocycles. The van der Waals surface area contributed by atoms with Crippen molar-refractivity contribution in [3.63, 3.8) is 0 Å². The van der Waals surface area contributed by atoms with Gasteiger partial charge in [-0.3, -0.25) is 28.8 Å². The minimum atomic E-state index is -1.40. The standard InChI is InChI=1S/C10H16O4.C10H14O4.C8H14O3.C8H18O2.C7H12O4.C6H8O4.C5H10O2.C4H8O2.C4H9O.C4H6.C2H6.Al.2Li.2H2O.H/c2*1-3-13-9(12)10(8(2)11)6-4-5-7-14-10;1-7(10)8(6-9)4-2-3-5-11-8;1-7(2,3)9-10-8(4,5)6;8-5-7(6(9)10)3-1-2-4-11-7;1-3-10-6(9)5(8)4(2)7;6-4-5-2-1-3-7-5;1-3-6-4(2)5;1-4(2,3)5;1-3-4-2;1-2;;;;;;/h3-7H2,1-2H3;4-5H,3,6-7H2,1-2H3;9H,2-6H2,1H3;1-6H3;8H,1-5H2,(H,9,10);3H2,1-2H3;5-6H,1-4H2;3H2,1-2H3;1-3H3;3-4H,1-2H2;1-2H3;;;;2*1H2;/q;;;;;;;;-1;;;+1;;+1;;;/p-1. The molecule has 5 atom stereocenters. The average molecular weight is 1430 g/mol. The summed E-state index contributed by atoms with van der Waals surface area (Å²) in [6.45, 7) is 45.2. The predicted octanol–water partition coefficient (Wildman–Crippen LogP) is 4.03. The van der Waals surface area contributed by atoms with Gasteiger partial charge >= 0.3 is 71.1 Å². The van der Waals surface area contributed by atoms with E-state index in [1.807, 2.05) is 76.2 Å². The number of ketones is 5. The molecule has 2 radical (unpaired) electrons. The maximum atomic E-state index is 11.6. The molecule has 0 aromatic carbocycles. The first-order chi connectivity index (χ1) is 44.2. The molecule has 0 aromatic rings. The molecule has 5 aliphatic heterocycles. The van der Waals surface area contributed by atoms with Gasteiger partial charge in [-0.15, -0.1) is 0 Å². The first-order valence-corrected chi connectivity index (χ1v) is 32.9. The van der Waals surface area contributed by atoms with Crippen LogP contribution in [-0.4, -0.2) is 250 Å². The topological polar surface area (TPSA) is 424 Å². The Morgan fingerprint density at radius 2 is 0.949 bits per heavy atom. The van der Waals surface area contributed by atoms with Gasteiger partial charge in [0.25, 0.3) is 0 Å². The molecule has 31 heteroatoms. The molecule has 0 amide bonds. The molecule has 28 nitrogen and oxygen atoms in total. The van der Waals surface area contributed by atoms with Crippen molar-refractivity contribution in [2.24, 2.45) is 0 Å². The molecule has 4 saturated heterocycles. The Morgan fingerprint density at radius 1 is 0.556 bits per heavy atom. The Bertz CT molecular complexity index is 2150. The molecule has 5 heterocycles. The molecule has 5 rings (SSSR count). The van der Waals surface area contributed by atoms with E-state index >= 15 is 0 Å². The number of aliphatic hydroxyl groups is 3. The minimum Gasteiger partial charge on any atom is -0.870 e. The second-order valence-electron chi connectivity index (χ2n) is 23.7. The van der Waals surface area contributed by atoms with Gasteiger partial charge < -0.3 is 77.8 Å². The summed E-state index contributed by atoms with van der Waals surface area (Å²) in [7, 11) is 0. The number of carboxylic acid groups (broad SMARTS) is 1. The van der Waals surface area contributed by atoms with Crippen LogP contribution in [0.5, 0.6) is 0 Å². The summed E-state index contributed by atoms with van der Waals surface area (Å²) in [4.78, 5) is 119. The fourth-order valence-electron chi connectivity index (χ4n) is 7.13. The molecular formula is C68H125AlLi2O28. The molecule has 570 valence electrons. The van der Waals surface area contributed by atoms with Gasteiger partial charge in [0, 0.05) is 71.2 Å². The first-order valence-electron chi connectivity index (χ1n) is 32.3. The third-order valence-corrected chi connectivity index (χ3v) is 13.2. The Balaban J connectivity index is -0.000000112. The molecule has 7 N–H and O–H groups in total. The average Bonchev–Trinajstić information content (AvgIpc) is 1.37. The predicted molar refractivity (Wildman–Crippen MR) is 371 cm³/mol. The molecule has 0 spiro atoms. The molecule has 0 aromatic heterocycles. The van der Waals surface area contributed by atoms with Crippen molar-refractivity contribution in [1.82, 2.24) is 0 Å². The largest absolute Gasteiger partial charge is 1.00 e. The van der Waals surface area contributed by atoms with Crippen LogP contribution < -0.4 is 18.9 Å². The zero-order valence-corrected chi connectivity index (χ0v) is 65.6. The van der Waals surface area contributed by atoms with Crippen molar-refractivity contribution in [2.45, 2.75) is 261 Å². The van der Waals surface area contributed by atoms with E-state index in [1.54, 1.807) is 52.0 Å². The fraction of sp³-hybridized carbons (Fsp3) is 0.765. The summed E-state index contributed by atoms with van der Waals surface area (Å²) in [5.41, 5.74) is -5.26. The first kappa shape index (κ1) is 116. The number of aliphatic carboxylic acids is 1. The summed E-state index contributed by atoms with van der Waals surface area (Å²) in [6.07, 6.45) is 16.3. The van der Waals surface area contributed by atoms with Gasteiger partial charge in [0.2, 0.25) is 17.0 Å². The quantitative estimate of drug-likeness (QED) is 0.0184. The summed E-state index contributed by atoms with van der Waals surface area (Å²) < 4.78 is 49.2. The van der Waals surface area contributed by atoms with Crippen molar-refractivity contribution in [3.05, 3.63) is 37.5 Å². The van der Waals surface area contributed by atoms with E-state index in [2.05, 4.69) is 22.6 Å². The zero-order chi connectivity index (χ0) is 75.1. The number of carbonyl (C=O) groups is 10. The number of rotatable bonds is 17. The normalized spacial score (nSPS) is 20.5. The second kappa shape index (κ2) is 66.1. The van der Waals surface area contributed by atoms with E-state index in [9.17, 15) is 47.9 Å². The summed E-state index contributed by atoms with van der Waals surface area (Å²) >= 11 is 1.54. The molecule has 0 bridgehead atoms. The van der Waals surface area contributed by atoms with Crippen LogP contribution in [0.3, 0.4) is 0 Å². The van der Waals surface area contributed by atoms with Crippen molar-refractivity contribution >= 4 is 94.2 Å². The van der Waals surface area contributed by atoms with Crippen LogP contribution in [0.2, 0.25) is 0 Å². The maximum Gasteiger partial charge on any atom is 1.00 e. The van der Waals surface area contributed by atoms with Gasteiger partial charge in [0.05, 0.1) is 70.2 Å². The molecule has 99 heavy (non-hydrogen) atoms. The van der Waals surface area contributed by atoms with Crippen LogP contribution in [0, 0.1) is 0 Å². The molecule has 5 aliphatic rings. The Kier molecular flexibility index (Phi) is 77.7. The van der Waals surface area contributed by atoms with Gasteiger partial charge in [0.1, 0.15) is 5.60 Å². The number of Topliss-reactive ketones (excluding diaryl/α,β-unsaturated/α-hetero) is 5. The van der Waals surface area contributed by atoms with E-state index in [0.29, 0.717) is 45.7 Å². The Hall–Kier alpha value is -3.87. The van der Waals surface area contributed by atoms with Gasteiger partial charge in [0.15, 0.2) is 23.0 Å². The SMILES string of the molecule is C=CC=C.CC.CC(=O)C1(CO)CCCCO1.CC(C)(C)OOC(C)(C)C.CC(C)(C)[O][AlH].CCOC(=O)C(=O)C(C)=O.CCOC(=O)C1(C(C)=O)CC=CCO1.CCOC(=O)C1(C(C)=O)CCCCO1.CCOC(C)=O.O.O=C(O)C1(CO)CCCCO1.OCC1CCCO1.[Li+].[Li].[OH-]. The van der Waals surface area contributed by atoms with E-state index in [1.165, 1.54) is 44.3 Å². The number of hydrogen-bond donors (Lipinski definition) is 4. The van der Waals surface area contributed by atoms with Crippen molar-refractivity contribution in [1.29, 1.82) is 0 Å². The number of aliphatic hydroxyl groups excluding tert-OH is 3. The number of carboxylic acids is 1. The van der Waals surface area contributed by atoms with Crippen molar-refractivity contribution in [3.8, 4) is 0 Å². The van der Waals surface area contributed by atoms with Crippen LogP contribution in [0.1, 0.15) is 216 Å². The number of hydrogen-bond acceptors (Lipinski definition) is 26. The number of allylic oxidation sites excluding steroid dienone is 2. The van der Waals surface area contributed by atoms with E-state index in [4.69, 9.17) is 67.1 Å². The van der Waals surface area contributed by atoms with Crippen LogP contribution in [0.4, 0.5) is 0 Å². The number of carbonyl (C=O) groups excluding carboxylic acids is 9. The molecular weight excluding hydrogens is 1310 g/mol. The van der Waals surface area contributed by atoms with Crippen molar-refractivity contribution < 1.29 is 154 Å². The third-order valence-electron chi connectivity index (χ3n) is 12.4. The Labute approximate surface area is 622 Å². The monoisotopic (exact) mass is 1430 g/mol. The summed E-state index contributed by atoms with van der Waals surface area (Å²) in [6, 6.07) is 0. The van der Waals surface area contributed by atoms with Crippen LogP contribution in [0.15, 0.2) is 37.5 Å². The van der Waals surface area contributed by atoms with Gasteiger partial charge in [-0.25, -0.2) is 29.0 Å². The maximum absolute atomic E-state index is 11.6. The smallest absolute Gasteiger partial charge is 0.870 e. The molecule has 5 unspecified atom stereocenters. The Morgan fingerprint density at radius 3 is 1.15 bits per heavy atom. The van der Waals surface area contributed by atoms with Crippen molar-refractivity contribution in [2.75, 3.05) is 79.3 Å². The third kappa shape index (κ3) is 57.3. The van der Waals surface area contributed by atoms with Gasteiger partial charge in [-0.2, -0.15) is 0 Å². The molecule has 4 fully saturated rings. The van der Waals surface area contributed by atoms with E-state index in [-0.39, 0.29) is 141 Å². The second-order valence-corrected chi connectivity index (χ2v) is 24.0. The summed E-state index contributed by atoms with van der Waals surface area (Å²) in [5, 5.41) is 34.9. The number of ether oxygens (including phenoxy) is 9. The zero-order valence-electron chi connectivity index (χ0n) is 64.2. The van der Waals surface area contributed by atoms with E-state index < -0.39 is 64.5 Å². The van der Waals surface area contributed by atoms with Crippen LogP contribution in [0.25, 0.3) is 0 Å². The van der Waals surface area contributed by atoms with Crippen LogP contribution >= 0.6 is 0 Å². The minimum absolute atomic E-state index is 0. The summed E-state index contributed by atoms with van der Waals surface area (Å²) in [5.74, 6) is -5.97. The van der Waals surface area contributed by atoms with Crippen LogP contribution in [-0.2, 0) is 104 Å².